The van der Waals surface area contributed by atoms with Gasteiger partial charge in [-0.05, 0) is 12.1 Å². The van der Waals surface area contributed by atoms with Gasteiger partial charge < -0.3 is 4.42 Å². The van der Waals surface area contributed by atoms with E-state index in [9.17, 15) is 4.79 Å². The number of amides is 1. The van der Waals surface area contributed by atoms with E-state index in [2.05, 4.69) is 10.5 Å². The van der Waals surface area contributed by atoms with Crippen LogP contribution in [0, 0.1) is 11.3 Å². The smallest absolute Gasteiger partial charge is 0.254 e. The van der Waals surface area contributed by atoms with Crippen molar-refractivity contribution in [2.24, 2.45) is 5.10 Å². The molecule has 66 valence electrons. The molecule has 1 aromatic heterocycles. The molecule has 0 bridgehead atoms. The van der Waals surface area contributed by atoms with E-state index in [4.69, 9.17) is 9.68 Å². The molecule has 0 fully saturated rings. The van der Waals surface area contributed by atoms with Crippen molar-refractivity contribution < 1.29 is 9.21 Å². The van der Waals surface area contributed by atoms with Crippen LogP contribution in [0.2, 0.25) is 0 Å². The molecule has 0 aliphatic rings. The van der Waals surface area contributed by atoms with E-state index in [-0.39, 0.29) is 6.42 Å². The molecule has 0 aromatic carbocycles. The Bertz CT molecular complexity index is 335. The number of carbonyl (C=O) groups excluding carboxylic acids is 1. The average Bonchev–Trinajstić information content (AvgIpc) is 2.57. The molecule has 1 heterocycles. The molecule has 0 saturated carbocycles. The Kier molecular flexibility index (Phi) is 3.27. The van der Waals surface area contributed by atoms with Gasteiger partial charge >= 0.3 is 0 Å². The number of nitriles is 1. The molecule has 0 aliphatic heterocycles. The number of hydrazone groups is 1. The van der Waals surface area contributed by atoms with Gasteiger partial charge in [0, 0.05) is 0 Å². The highest BCUT2D eigenvalue weighted by Gasteiger charge is 1.95. The lowest BCUT2D eigenvalue weighted by atomic mass is 10.5. The van der Waals surface area contributed by atoms with E-state index >= 15 is 0 Å². The van der Waals surface area contributed by atoms with Gasteiger partial charge in [0.1, 0.15) is 12.2 Å². The number of nitrogens with zero attached hydrogens (tertiary/aromatic N) is 2. The van der Waals surface area contributed by atoms with Crippen molar-refractivity contribution in [1.29, 1.82) is 5.26 Å². The zero-order chi connectivity index (χ0) is 9.52. The highest BCUT2D eigenvalue weighted by Crippen LogP contribution is 1.94. The maximum Gasteiger partial charge on any atom is 0.254 e. The molecule has 0 aliphatic carbocycles. The number of carbonyl (C=O) groups is 1. The van der Waals surface area contributed by atoms with Crippen LogP contribution in [0.4, 0.5) is 0 Å². The molecular formula is C8H7N3O2. The fraction of sp³-hybridized carbons (Fsp3) is 0.125. The quantitative estimate of drug-likeness (QED) is 0.543. The molecule has 13 heavy (non-hydrogen) atoms. The van der Waals surface area contributed by atoms with Crippen molar-refractivity contribution in [3.8, 4) is 6.07 Å². The third-order valence-electron chi connectivity index (χ3n) is 1.16. The zero-order valence-corrected chi connectivity index (χ0v) is 6.73. The summed E-state index contributed by atoms with van der Waals surface area (Å²) in [5, 5.41) is 11.7. The molecule has 1 N–H and O–H groups in total. The van der Waals surface area contributed by atoms with Crippen LogP contribution < -0.4 is 5.43 Å². The Morgan fingerprint density at radius 1 is 1.85 bits per heavy atom. The van der Waals surface area contributed by atoms with Crippen LogP contribution in [0.5, 0.6) is 0 Å². The minimum atomic E-state index is -0.440. The first-order valence-corrected chi connectivity index (χ1v) is 3.55. The van der Waals surface area contributed by atoms with Crippen molar-refractivity contribution >= 4 is 12.1 Å². The number of rotatable bonds is 3. The molecule has 0 unspecified atom stereocenters. The summed E-state index contributed by atoms with van der Waals surface area (Å²) in [7, 11) is 0. The first-order valence-electron chi connectivity index (χ1n) is 3.55. The Morgan fingerprint density at radius 3 is 3.31 bits per heavy atom. The third kappa shape index (κ3) is 3.20. The Morgan fingerprint density at radius 2 is 2.69 bits per heavy atom. The molecule has 0 saturated heterocycles. The summed E-state index contributed by atoms with van der Waals surface area (Å²) in [6, 6.07) is 5.10. The molecule has 5 heteroatoms. The average molecular weight is 177 g/mol. The highest BCUT2D eigenvalue weighted by molar-refractivity contribution is 5.81. The molecule has 1 rings (SSSR count). The molecule has 5 nitrogen and oxygen atoms in total. The second-order valence-corrected chi connectivity index (χ2v) is 2.14. The summed E-state index contributed by atoms with van der Waals surface area (Å²) in [5.41, 5.74) is 2.17. The normalized spacial score (nSPS) is 9.77. The van der Waals surface area contributed by atoms with E-state index in [0.717, 1.165) is 0 Å². The van der Waals surface area contributed by atoms with Crippen LogP contribution in [-0.2, 0) is 4.79 Å². The highest BCUT2D eigenvalue weighted by atomic mass is 16.3. The van der Waals surface area contributed by atoms with Gasteiger partial charge in [-0.3, -0.25) is 4.79 Å². The van der Waals surface area contributed by atoms with Crippen molar-refractivity contribution in [2.75, 3.05) is 0 Å². The second-order valence-electron chi connectivity index (χ2n) is 2.14. The predicted molar refractivity (Wildman–Crippen MR) is 44.7 cm³/mol. The van der Waals surface area contributed by atoms with Gasteiger partial charge in [-0.15, -0.1) is 0 Å². The maximum absolute atomic E-state index is 10.7. The second kappa shape index (κ2) is 4.72. The maximum atomic E-state index is 10.7. The van der Waals surface area contributed by atoms with Crippen LogP contribution >= 0.6 is 0 Å². The first kappa shape index (κ1) is 9.00. The first-order chi connectivity index (χ1) is 6.33. The summed E-state index contributed by atoms with van der Waals surface area (Å²) < 4.78 is 4.91. The van der Waals surface area contributed by atoms with Crippen LogP contribution in [0.3, 0.4) is 0 Å². The van der Waals surface area contributed by atoms with Gasteiger partial charge in [-0.2, -0.15) is 10.4 Å². The van der Waals surface area contributed by atoms with E-state index in [1.165, 1.54) is 12.5 Å². The van der Waals surface area contributed by atoms with Gasteiger partial charge in [-0.1, -0.05) is 0 Å². The molecule has 1 amide bonds. The lowest BCUT2D eigenvalue weighted by Crippen LogP contribution is -2.15. The van der Waals surface area contributed by atoms with E-state index in [0.29, 0.717) is 5.76 Å². The number of hydrogen-bond acceptors (Lipinski definition) is 4. The summed E-state index contributed by atoms with van der Waals surface area (Å²) in [4.78, 5) is 10.7. The van der Waals surface area contributed by atoms with Gasteiger partial charge in [0.05, 0.1) is 18.5 Å². The van der Waals surface area contributed by atoms with Crippen LogP contribution in [0.25, 0.3) is 0 Å². The van der Waals surface area contributed by atoms with Gasteiger partial charge in [0.25, 0.3) is 5.91 Å². The molecule has 0 radical (unpaired) electrons. The topological polar surface area (TPSA) is 78.4 Å². The molecule has 0 spiro atoms. The monoisotopic (exact) mass is 177 g/mol. The summed E-state index contributed by atoms with van der Waals surface area (Å²) in [6.45, 7) is 0. The Balaban J connectivity index is 2.35. The summed E-state index contributed by atoms with van der Waals surface area (Å²) >= 11 is 0. The van der Waals surface area contributed by atoms with Crippen LogP contribution in [0.1, 0.15) is 12.2 Å². The Labute approximate surface area is 74.7 Å². The fourth-order valence-electron chi connectivity index (χ4n) is 0.644. The van der Waals surface area contributed by atoms with Gasteiger partial charge in [-0.25, -0.2) is 5.43 Å². The lowest BCUT2D eigenvalue weighted by molar-refractivity contribution is -0.120. The molecular weight excluding hydrogens is 170 g/mol. The number of furan rings is 1. The largest absolute Gasteiger partial charge is 0.463 e. The minimum absolute atomic E-state index is 0.199. The van der Waals surface area contributed by atoms with Crippen LogP contribution in [-0.4, -0.2) is 12.1 Å². The van der Waals surface area contributed by atoms with Crippen LogP contribution in [0.15, 0.2) is 27.9 Å². The summed E-state index contributed by atoms with van der Waals surface area (Å²) in [5.74, 6) is 0.0996. The molecule has 1 aromatic rings. The van der Waals surface area contributed by atoms with E-state index in [1.54, 1.807) is 18.2 Å². The minimum Gasteiger partial charge on any atom is -0.463 e. The third-order valence-corrected chi connectivity index (χ3v) is 1.16. The summed E-state index contributed by atoms with van der Waals surface area (Å²) in [6.07, 6.45) is 2.66. The van der Waals surface area contributed by atoms with Gasteiger partial charge in [0.15, 0.2) is 0 Å². The fourth-order valence-corrected chi connectivity index (χ4v) is 0.644. The van der Waals surface area contributed by atoms with Crippen molar-refractivity contribution in [1.82, 2.24) is 5.43 Å². The van der Waals surface area contributed by atoms with Crippen molar-refractivity contribution in [3.63, 3.8) is 0 Å². The number of nitrogens with one attached hydrogen (secondary N) is 1. The predicted octanol–water partition coefficient (Wildman–Crippen LogP) is 0.643. The van der Waals surface area contributed by atoms with Crippen molar-refractivity contribution in [3.05, 3.63) is 24.2 Å². The SMILES string of the molecule is N#CCC(=O)N/N=C\c1ccco1. The Hall–Kier alpha value is -2.09. The van der Waals surface area contributed by atoms with Crippen molar-refractivity contribution in [2.45, 2.75) is 6.42 Å². The number of hydrogen-bond donors (Lipinski definition) is 1. The lowest BCUT2D eigenvalue weighted by Gasteiger charge is -1.90. The molecule has 0 atom stereocenters. The van der Waals surface area contributed by atoms with E-state index < -0.39 is 5.91 Å². The standard InChI is InChI=1S/C8H7N3O2/c9-4-3-8(12)11-10-6-7-2-1-5-13-7/h1-2,5-6H,3H2,(H,11,12)/b10-6-. The van der Waals surface area contributed by atoms with E-state index in [1.807, 2.05) is 0 Å². The zero-order valence-electron chi connectivity index (χ0n) is 6.73. The van der Waals surface area contributed by atoms with Gasteiger partial charge in [0.2, 0.25) is 0 Å².